The smallest absolute Gasteiger partial charge is 0.411 e. The number of carbonyl (C=O) groups is 2. The number of alkyl halides is 2. The van der Waals surface area contributed by atoms with E-state index in [1.807, 2.05) is 0 Å². The molecule has 1 aliphatic carbocycles. The summed E-state index contributed by atoms with van der Waals surface area (Å²) < 4.78 is 5.03. The van der Waals surface area contributed by atoms with Crippen molar-refractivity contribution < 1.29 is 19.4 Å². The molecule has 2 fully saturated rings. The van der Waals surface area contributed by atoms with Crippen molar-refractivity contribution in [2.24, 2.45) is 5.41 Å². The maximum atomic E-state index is 12.1. The number of ether oxygens (including phenoxy) is 1. The second kappa shape index (κ2) is 4.35. The first-order valence-electron chi connectivity index (χ1n) is 6.08. The van der Waals surface area contributed by atoms with E-state index in [4.69, 9.17) is 4.74 Å². The van der Waals surface area contributed by atoms with Gasteiger partial charge in [0, 0.05) is 12.0 Å². The molecule has 2 aliphatic rings. The van der Waals surface area contributed by atoms with Gasteiger partial charge in [-0.05, 0) is 33.6 Å². The molecule has 0 aromatic heterocycles. The van der Waals surface area contributed by atoms with E-state index in [2.05, 4.69) is 31.9 Å². The minimum Gasteiger partial charge on any atom is -0.480 e. The van der Waals surface area contributed by atoms with Crippen LogP contribution in [0.25, 0.3) is 0 Å². The Hall–Kier alpha value is -0.300. The number of amides is 1. The zero-order chi connectivity index (χ0) is 14.6. The summed E-state index contributed by atoms with van der Waals surface area (Å²) in [5, 5.41) is 9.28. The molecule has 1 heterocycles. The van der Waals surface area contributed by atoms with Crippen LogP contribution in [0.15, 0.2) is 0 Å². The molecular weight excluding hydrogens is 382 g/mol. The van der Waals surface area contributed by atoms with Crippen molar-refractivity contribution in [3.05, 3.63) is 0 Å². The second-order valence-electron chi connectivity index (χ2n) is 6.33. The predicted octanol–water partition coefficient (Wildman–Crippen LogP) is 2.96. The number of rotatable bonds is 1. The topological polar surface area (TPSA) is 66.8 Å². The second-order valence-corrected chi connectivity index (χ2v) is 10.1. The Balaban J connectivity index is 2.15. The van der Waals surface area contributed by atoms with Crippen LogP contribution in [0.5, 0.6) is 0 Å². The minimum absolute atomic E-state index is 0.201. The normalized spacial score (nSPS) is 32.5. The van der Waals surface area contributed by atoms with Crippen LogP contribution in [0.2, 0.25) is 0 Å². The largest absolute Gasteiger partial charge is 0.480 e. The molecule has 1 N–H and O–H groups in total. The lowest BCUT2D eigenvalue weighted by atomic mass is 10.0. The van der Waals surface area contributed by atoms with Crippen LogP contribution in [-0.4, -0.2) is 43.5 Å². The highest BCUT2D eigenvalue weighted by atomic mass is 79.9. The highest BCUT2D eigenvalue weighted by Gasteiger charge is 2.70. The molecule has 1 saturated heterocycles. The van der Waals surface area contributed by atoms with E-state index in [0.29, 0.717) is 13.0 Å². The van der Waals surface area contributed by atoms with Crippen LogP contribution < -0.4 is 0 Å². The zero-order valence-electron chi connectivity index (χ0n) is 11.1. The minimum atomic E-state index is -0.981. The van der Waals surface area contributed by atoms with Crippen molar-refractivity contribution in [3.8, 4) is 0 Å². The first-order valence-corrected chi connectivity index (χ1v) is 7.66. The third-order valence-electron chi connectivity index (χ3n) is 3.56. The summed E-state index contributed by atoms with van der Waals surface area (Å²) in [5.41, 5.74) is -0.827. The van der Waals surface area contributed by atoms with Gasteiger partial charge in [0.25, 0.3) is 0 Å². The molecule has 1 amide bonds. The molecule has 0 aromatic carbocycles. The average molecular weight is 399 g/mol. The van der Waals surface area contributed by atoms with Gasteiger partial charge in [0.2, 0.25) is 0 Å². The third-order valence-corrected chi connectivity index (χ3v) is 5.80. The summed E-state index contributed by atoms with van der Waals surface area (Å²) in [6.45, 7) is 5.70. The maximum Gasteiger partial charge on any atom is 0.411 e. The summed E-state index contributed by atoms with van der Waals surface area (Å²) >= 11 is 7.06. The van der Waals surface area contributed by atoms with Gasteiger partial charge in [-0.15, -0.1) is 0 Å². The van der Waals surface area contributed by atoms with Gasteiger partial charge in [-0.25, -0.2) is 9.59 Å². The number of carboxylic acids is 1. The van der Waals surface area contributed by atoms with Crippen molar-refractivity contribution in [1.82, 2.24) is 4.90 Å². The van der Waals surface area contributed by atoms with E-state index in [-0.39, 0.29) is 8.65 Å². The quantitative estimate of drug-likeness (QED) is 0.689. The number of likely N-dealkylation sites (tertiary alicyclic amines) is 1. The number of hydrogen-bond acceptors (Lipinski definition) is 3. The van der Waals surface area contributed by atoms with E-state index >= 15 is 0 Å². The monoisotopic (exact) mass is 397 g/mol. The molecule has 1 saturated carbocycles. The lowest BCUT2D eigenvalue weighted by Gasteiger charge is -2.26. The number of carbonyl (C=O) groups excluding carboxylic acids is 1. The van der Waals surface area contributed by atoms with E-state index in [1.54, 1.807) is 20.8 Å². The van der Waals surface area contributed by atoms with E-state index in [9.17, 15) is 14.7 Å². The van der Waals surface area contributed by atoms with Gasteiger partial charge in [-0.3, -0.25) is 4.90 Å². The van der Waals surface area contributed by atoms with Gasteiger partial charge in [-0.1, -0.05) is 31.9 Å². The first-order chi connectivity index (χ1) is 8.47. The molecule has 1 aliphatic heterocycles. The molecule has 2 rings (SSSR count). The fourth-order valence-corrected chi connectivity index (χ4v) is 4.14. The van der Waals surface area contributed by atoms with Gasteiger partial charge >= 0.3 is 12.1 Å². The Morgan fingerprint density at radius 1 is 1.37 bits per heavy atom. The lowest BCUT2D eigenvalue weighted by Crippen LogP contribution is -2.43. The molecule has 7 heteroatoms. The maximum absolute atomic E-state index is 12.1. The summed E-state index contributed by atoms with van der Waals surface area (Å²) in [4.78, 5) is 24.8. The van der Waals surface area contributed by atoms with Gasteiger partial charge < -0.3 is 9.84 Å². The molecule has 0 bridgehead atoms. The molecule has 0 aromatic rings. The molecule has 108 valence electrons. The SMILES string of the molecule is CC(C)(C)OC(=O)N1C[C@@]2(C[C@H]1C(=O)O)CC2(Br)Br. The standard InChI is InChI=1S/C12H17Br2NO4/c1-10(2,3)19-9(18)15-6-11(5-12(11,13)14)4-7(15)8(16)17/h7H,4-6H2,1-3H3,(H,16,17)/t7-,11+/m0/s1. The van der Waals surface area contributed by atoms with Crippen molar-refractivity contribution in [2.75, 3.05) is 6.54 Å². The van der Waals surface area contributed by atoms with Crippen molar-refractivity contribution >= 4 is 43.9 Å². The predicted molar refractivity (Wildman–Crippen MR) is 76.6 cm³/mol. The number of halogens is 2. The van der Waals surface area contributed by atoms with Crippen LogP contribution in [-0.2, 0) is 9.53 Å². The van der Waals surface area contributed by atoms with Crippen LogP contribution in [0.3, 0.4) is 0 Å². The highest BCUT2D eigenvalue weighted by Crippen LogP contribution is 2.71. The summed E-state index contributed by atoms with van der Waals surface area (Å²) in [5.74, 6) is -0.981. The van der Waals surface area contributed by atoms with Gasteiger partial charge in [0.05, 0.1) is 3.23 Å². The Labute approximate surface area is 128 Å². The lowest BCUT2D eigenvalue weighted by molar-refractivity contribution is -0.142. The van der Waals surface area contributed by atoms with E-state index in [0.717, 1.165) is 6.42 Å². The number of aliphatic carboxylic acids is 1. The molecule has 19 heavy (non-hydrogen) atoms. The summed E-state index contributed by atoms with van der Waals surface area (Å²) in [7, 11) is 0. The molecule has 5 nitrogen and oxygen atoms in total. The molecule has 0 unspecified atom stereocenters. The van der Waals surface area contributed by atoms with Crippen molar-refractivity contribution in [3.63, 3.8) is 0 Å². The Morgan fingerprint density at radius 2 is 1.89 bits per heavy atom. The number of carboxylic acid groups (broad SMARTS) is 1. The van der Waals surface area contributed by atoms with Crippen LogP contribution >= 0.6 is 31.9 Å². The van der Waals surface area contributed by atoms with Gasteiger partial charge in [-0.2, -0.15) is 0 Å². The first kappa shape index (κ1) is 15.1. The summed E-state index contributed by atoms with van der Waals surface area (Å²) in [6, 6.07) is -0.813. The molecular formula is C12H17Br2NO4. The zero-order valence-corrected chi connectivity index (χ0v) is 14.2. The molecule has 0 radical (unpaired) electrons. The van der Waals surface area contributed by atoms with Crippen LogP contribution in [0.4, 0.5) is 4.79 Å². The van der Waals surface area contributed by atoms with E-state index < -0.39 is 23.7 Å². The Bertz CT molecular complexity index is 432. The molecule has 2 atom stereocenters. The Kier molecular flexibility index (Phi) is 3.45. The molecule has 1 spiro atoms. The highest BCUT2D eigenvalue weighted by molar-refractivity contribution is 9.25. The van der Waals surface area contributed by atoms with Crippen LogP contribution in [0.1, 0.15) is 33.6 Å². The number of hydrogen-bond donors (Lipinski definition) is 1. The van der Waals surface area contributed by atoms with E-state index in [1.165, 1.54) is 4.90 Å². The van der Waals surface area contributed by atoms with Crippen LogP contribution in [0, 0.1) is 5.41 Å². The van der Waals surface area contributed by atoms with Gasteiger partial charge in [0.15, 0.2) is 0 Å². The fourth-order valence-electron chi connectivity index (χ4n) is 2.49. The average Bonchev–Trinajstić information content (AvgIpc) is 2.55. The summed E-state index contributed by atoms with van der Waals surface area (Å²) in [6.07, 6.45) is 0.695. The van der Waals surface area contributed by atoms with Crippen molar-refractivity contribution in [1.29, 1.82) is 0 Å². The number of nitrogens with zero attached hydrogens (tertiary/aromatic N) is 1. The Morgan fingerprint density at radius 3 is 2.26 bits per heavy atom. The fraction of sp³-hybridized carbons (Fsp3) is 0.833. The third kappa shape index (κ3) is 2.77. The van der Waals surface area contributed by atoms with Gasteiger partial charge in [0.1, 0.15) is 11.6 Å². The van der Waals surface area contributed by atoms with Crippen molar-refractivity contribution in [2.45, 2.75) is 48.5 Å².